The number of esters is 1. The maximum Gasteiger partial charge on any atom is 0.308 e. The highest BCUT2D eigenvalue weighted by atomic mass is 16.5. The molecule has 0 aromatic rings. The topological polar surface area (TPSA) is 43.4 Å². The van der Waals surface area contributed by atoms with Crippen molar-refractivity contribution in [3.63, 3.8) is 0 Å². The Balaban J connectivity index is 2.94. The predicted molar refractivity (Wildman–Crippen MR) is 57.3 cm³/mol. The van der Waals surface area contributed by atoms with Crippen LogP contribution in [0.5, 0.6) is 0 Å². The monoisotopic (exact) mass is 212 g/mol. The molecule has 15 heavy (non-hydrogen) atoms. The van der Waals surface area contributed by atoms with E-state index in [2.05, 4.69) is 0 Å². The maximum atomic E-state index is 12.1. The van der Waals surface area contributed by atoms with Crippen LogP contribution in [0.1, 0.15) is 40.5 Å². The number of hydrogen-bond donors (Lipinski definition) is 0. The Morgan fingerprint density at radius 3 is 1.93 bits per heavy atom. The molecule has 86 valence electrons. The molecule has 0 atom stereocenters. The summed E-state index contributed by atoms with van der Waals surface area (Å²) in [4.78, 5) is 23.6. The van der Waals surface area contributed by atoms with Gasteiger partial charge in [-0.15, -0.1) is 0 Å². The van der Waals surface area contributed by atoms with Gasteiger partial charge in [-0.3, -0.25) is 9.59 Å². The first-order chi connectivity index (χ1) is 6.70. The Kier molecular flexibility index (Phi) is 2.94. The lowest BCUT2D eigenvalue weighted by atomic mass is 9.60. The summed E-state index contributed by atoms with van der Waals surface area (Å²) in [5.74, 6) is -0.0866. The van der Waals surface area contributed by atoms with E-state index in [1.807, 2.05) is 27.7 Å². The van der Waals surface area contributed by atoms with Crippen LogP contribution in [0.25, 0.3) is 0 Å². The molecule has 1 aliphatic rings. The molecule has 0 aliphatic heterocycles. The van der Waals surface area contributed by atoms with Crippen LogP contribution >= 0.6 is 0 Å². The first-order valence-electron chi connectivity index (χ1n) is 5.33. The van der Waals surface area contributed by atoms with E-state index in [1.165, 1.54) is 7.11 Å². The van der Waals surface area contributed by atoms with Crippen LogP contribution in [0.4, 0.5) is 0 Å². The van der Waals surface area contributed by atoms with Crippen molar-refractivity contribution in [1.82, 2.24) is 0 Å². The summed E-state index contributed by atoms with van der Waals surface area (Å²) in [6.07, 6.45) is 1.20. The second-order valence-electron chi connectivity index (χ2n) is 5.73. The fourth-order valence-electron chi connectivity index (χ4n) is 2.74. The van der Waals surface area contributed by atoms with E-state index in [0.29, 0.717) is 12.8 Å². The Morgan fingerprint density at radius 1 is 1.20 bits per heavy atom. The molecule has 0 aromatic heterocycles. The maximum absolute atomic E-state index is 12.1. The van der Waals surface area contributed by atoms with Gasteiger partial charge in [0.25, 0.3) is 0 Å². The minimum absolute atomic E-state index is 0.141. The van der Waals surface area contributed by atoms with Crippen LogP contribution in [0.2, 0.25) is 0 Å². The van der Waals surface area contributed by atoms with E-state index in [1.54, 1.807) is 0 Å². The third-order valence-electron chi connectivity index (χ3n) is 3.28. The van der Waals surface area contributed by atoms with E-state index < -0.39 is 10.8 Å². The van der Waals surface area contributed by atoms with Gasteiger partial charge in [-0.2, -0.15) is 0 Å². The summed E-state index contributed by atoms with van der Waals surface area (Å²) in [5, 5.41) is 0. The highest BCUT2D eigenvalue weighted by Gasteiger charge is 2.48. The van der Waals surface area contributed by atoms with E-state index >= 15 is 0 Å². The van der Waals surface area contributed by atoms with E-state index in [9.17, 15) is 9.59 Å². The van der Waals surface area contributed by atoms with Gasteiger partial charge in [-0.1, -0.05) is 27.7 Å². The molecule has 0 amide bonds. The molecule has 1 aliphatic carbocycles. The first kappa shape index (κ1) is 12.2. The summed E-state index contributed by atoms with van der Waals surface area (Å²) in [7, 11) is 1.40. The molecule has 1 saturated carbocycles. The Bertz CT molecular complexity index is 269. The number of ether oxygens (including phenoxy) is 1. The van der Waals surface area contributed by atoms with Crippen molar-refractivity contribution in [3.05, 3.63) is 0 Å². The number of hydrogen-bond acceptors (Lipinski definition) is 3. The standard InChI is InChI=1S/C12H20O3/c1-11(2)6-8(9(13)15-5)7-12(3,4)10(11)14/h8H,6-7H2,1-5H3. The van der Waals surface area contributed by atoms with Gasteiger partial charge >= 0.3 is 5.97 Å². The van der Waals surface area contributed by atoms with E-state index in [-0.39, 0.29) is 17.7 Å². The first-order valence-corrected chi connectivity index (χ1v) is 5.33. The summed E-state index contributed by atoms with van der Waals surface area (Å²) >= 11 is 0. The average Bonchev–Trinajstić information content (AvgIpc) is 2.11. The van der Waals surface area contributed by atoms with Crippen LogP contribution in [0.3, 0.4) is 0 Å². The number of ketones is 1. The normalized spacial score (nSPS) is 25.0. The summed E-state index contributed by atoms with van der Waals surface area (Å²) < 4.78 is 4.76. The highest BCUT2D eigenvalue weighted by Crippen LogP contribution is 2.45. The third kappa shape index (κ3) is 2.21. The molecule has 0 unspecified atom stereocenters. The third-order valence-corrected chi connectivity index (χ3v) is 3.28. The van der Waals surface area contributed by atoms with Gasteiger partial charge in [-0.05, 0) is 12.8 Å². The fraction of sp³-hybridized carbons (Fsp3) is 0.833. The molecule has 0 spiro atoms. The molecule has 0 saturated heterocycles. The number of methoxy groups -OCH3 is 1. The van der Waals surface area contributed by atoms with Crippen LogP contribution < -0.4 is 0 Å². The Labute approximate surface area is 91.2 Å². The zero-order valence-electron chi connectivity index (χ0n) is 10.2. The minimum Gasteiger partial charge on any atom is -0.469 e. The molecule has 0 N–H and O–H groups in total. The molecule has 0 heterocycles. The van der Waals surface area contributed by atoms with Crippen molar-refractivity contribution in [1.29, 1.82) is 0 Å². The molecule has 0 aromatic carbocycles. The fourth-order valence-corrected chi connectivity index (χ4v) is 2.74. The van der Waals surface area contributed by atoms with Gasteiger partial charge in [0.05, 0.1) is 13.0 Å². The molecule has 0 radical (unpaired) electrons. The lowest BCUT2D eigenvalue weighted by Crippen LogP contribution is -2.46. The van der Waals surface area contributed by atoms with E-state index in [0.717, 1.165) is 0 Å². The molecule has 3 heteroatoms. The van der Waals surface area contributed by atoms with Crippen molar-refractivity contribution in [2.45, 2.75) is 40.5 Å². The lowest BCUT2D eigenvalue weighted by molar-refractivity contribution is -0.155. The largest absolute Gasteiger partial charge is 0.469 e. The quantitative estimate of drug-likeness (QED) is 0.626. The van der Waals surface area contributed by atoms with Crippen molar-refractivity contribution in [3.8, 4) is 0 Å². The number of rotatable bonds is 1. The van der Waals surface area contributed by atoms with Gasteiger partial charge in [0.15, 0.2) is 0 Å². The van der Waals surface area contributed by atoms with Crippen molar-refractivity contribution in [2.24, 2.45) is 16.7 Å². The molecular weight excluding hydrogens is 192 g/mol. The second-order valence-corrected chi connectivity index (χ2v) is 5.73. The van der Waals surface area contributed by atoms with Gasteiger partial charge in [0.2, 0.25) is 0 Å². The number of carbonyl (C=O) groups excluding carboxylic acids is 2. The zero-order valence-corrected chi connectivity index (χ0v) is 10.2. The summed E-state index contributed by atoms with van der Waals surface area (Å²) in [6, 6.07) is 0. The van der Waals surface area contributed by atoms with Crippen LogP contribution in [-0.2, 0) is 14.3 Å². The molecule has 3 nitrogen and oxygen atoms in total. The summed E-state index contributed by atoms with van der Waals surface area (Å²) in [6.45, 7) is 7.64. The molecular formula is C12H20O3. The van der Waals surface area contributed by atoms with Crippen LogP contribution in [0.15, 0.2) is 0 Å². The van der Waals surface area contributed by atoms with Gasteiger partial charge in [0, 0.05) is 10.8 Å². The van der Waals surface area contributed by atoms with Gasteiger partial charge < -0.3 is 4.74 Å². The Morgan fingerprint density at radius 2 is 1.60 bits per heavy atom. The molecule has 1 fully saturated rings. The van der Waals surface area contributed by atoms with Crippen LogP contribution in [-0.4, -0.2) is 18.9 Å². The van der Waals surface area contributed by atoms with Crippen molar-refractivity contribution >= 4 is 11.8 Å². The van der Waals surface area contributed by atoms with Gasteiger partial charge in [0.1, 0.15) is 5.78 Å². The number of Topliss-reactive ketones (excluding diaryl/α,β-unsaturated/α-hetero) is 1. The molecule has 1 rings (SSSR count). The second kappa shape index (κ2) is 3.62. The van der Waals surface area contributed by atoms with E-state index in [4.69, 9.17) is 4.74 Å². The zero-order chi connectivity index (χ0) is 11.9. The SMILES string of the molecule is COC(=O)C1CC(C)(C)C(=O)C(C)(C)C1. The van der Waals surface area contributed by atoms with Crippen molar-refractivity contribution in [2.75, 3.05) is 7.11 Å². The average molecular weight is 212 g/mol. The highest BCUT2D eigenvalue weighted by molar-refractivity contribution is 5.91. The Hall–Kier alpha value is -0.860. The van der Waals surface area contributed by atoms with Crippen LogP contribution in [0, 0.1) is 16.7 Å². The van der Waals surface area contributed by atoms with Crippen molar-refractivity contribution < 1.29 is 14.3 Å². The smallest absolute Gasteiger partial charge is 0.308 e. The predicted octanol–water partition coefficient (Wildman–Crippen LogP) is 2.19. The number of carbonyl (C=O) groups is 2. The van der Waals surface area contributed by atoms with Gasteiger partial charge in [-0.25, -0.2) is 0 Å². The molecule has 0 bridgehead atoms. The minimum atomic E-state index is -0.416. The summed E-state index contributed by atoms with van der Waals surface area (Å²) in [5.41, 5.74) is -0.832. The lowest BCUT2D eigenvalue weighted by Gasteiger charge is -2.42.